The van der Waals surface area contributed by atoms with E-state index in [0.29, 0.717) is 17.0 Å². The van der Waals surface area contributed by atoms with E-state index in [9.17, 15) is 18.0 Å². The van der Waals surface area contributed by atoms with E-state index in [0.717, 1.165) is 35.6 Å². The highest BCUT2D eigenvalue weighted by atomic mass is 32.2. The molecule has 212 valence electrons. The van der Waals surface area contributed by atoms with Crippen LogP contribution in [0.4, 0.5) is 5.69 Å². The maximum atomic E-state index is 13.9. The fraction of sp³-hybridized carbons (Fsp3) is 0.161. The van der Waals surface area contributed by atoms with Gasteiger partial charge in [-0.15, -0.1) is 11.3 Å². The molecule has 1 fully saturated rings. The van der Waals surface area contributed by atoms with Crippen LogP contribution in [0.3, 0.4) is 0 Å². The number of rotatable bonds is 8. The van der Waals surface area contributed by atoms with Crippen LogP contribution in [0.2, 0.25) is 0 Å². The molecule has 0 saturated carbocycles. The number of thiazole rings is 1. The zero-order valence-corrected chi connectivity index (χ0v) is 24.4. The summed E-state index contributed by atoms with van der Waals surface area (Å²) >= 11 is 1.57. The molecule has 1 atom stereocenters. The van der Waals surface area contributed by atoms with E-state index >= 15 is 0 Å². The van der Waals surface area contributed by atoms with E-state index in [4.69, 9.17) is 9.72 Å². The first-order chi connectivity index (χ1) is 20.2. The maximum Gasteiger partial charge on any atom is 0.252 e. The number of hydrogen-bond donors (Lipinski definition) is 0. The minimum Gasteiger partial charge on any atom is -0.497 e. The SMILES string of the molecule is COc1ccc(S(=O)(=O)N(Cc2cccnc2)C2CC(=O)N(c3ccc(-c4nc5ccc(C)cc5s4)cc3)C2=O)cc1. The first-order valence-corrected chi connectivity index (χ1v) is 15.4. The number of carbonyl (C=O) groups excluding carboxylic acids is 2. The van der Waals surface area contributed by atoms with Crippen molar-refractivity contribution in [2.75, 3.05) is 12.0 Å². The number of sulfonamides is 1. The predicted molar refractivity (Wildman–Crippen MR) is 161 cm³/mol. The van der Waals surface area contributed by atoms with Gasteiger partial charge in [-0.1, -0.05) is 12.1 Å². The van der Waals surface area contributed by atoms with Gasteiger partial charge in [-0.25, -0.2) is 18.3 Å². The summed E-state index contributed by atoms with van der Waals surface area (Å²) in [5.41, 5.74) is 3.87. The first kappa shape index (κ1) is 27.7. The molecule has 11 heteroatoms. The van der Waals surface area contributed by atoms with E-state index in [1.807, 2.05) is 31.2 Å². The van der Waals surface area contributed by atoms with E-state index in [2.05, 4.69) is 11.1 Å². The Morgan fingerprint density at radius 3 is 2.48 bits per heavy atom. The van der Waals surface area contributed by atoms with Crippen LogP contribution < -0.4 is 9.64 Å². The molecule has 5 aromatic rings. The van der Waals surface area contributed by atoms with Crippen molar-refractivity contribution in [2.24, 2.45) is 0 Å². The largest absolute Gasteiger partial charge is 0.497 e. The lowest BCUT2D eigenvalue weighted by Gasteiger charge is -2.27. The Kier molecular flexibility index (Phi) is 7.31. The molecular weight excluding hydrogens is 572 g/mol. The number of imide groups is 1. The molecule has 3 aromatic carbocycles. The number of pyridine rings is 1. The molecule has 6 rings (SSSR count). The zero-order valence-electron chi connectivity index (χ0n) is 22.8. The van der Waals surface area contributed by atoms with Gasteiger partial charge >= 0.3 is 0 Å². The average molecular weight is 599 g/mol. The molecule has 1 aliphatic rings. The number of aromatic nitrogens is 2. The van der Waals surface area contributed by atoms with Gasteiger partial charge in [0.15, 0.2) is 0 Å². The van der Waals surface area contributed by atoms with Crippen LogP contribution in [-0.4, -0.2) is 47.7 Å². The number of nitrogens with zero attached hydrogens (tertiary/aromatic N) is 4. The molecular formula is C31H26N4O5S2. The lowest BCUT2D eigenvalue weighted by Crippen LogP contribution is -2.45. The van der Waals surface area contributed by atoms with Gasteiger partial charge in [-0.3, -0.25) is 14.6 Å². The highest BCUT2D eigenvalue weighted by Gasteiger charge is 2.47. The highest BCUT2D eigenvalue weighted by molar-refractivity contribution is 7.89. The van der Waals surface area contributed by atoms with E-state index in [-0.39, 0.29) is 17.9 Å². The Hall–Kier alpha value is -4.45. The summed E-state index contributed by atoms with van der Waals surface area (Å²) in [6, 6.07) is 21.2. The molecule has 0 aliphatic carbocycles. The molecule has 42 heavy (non-hydrogen) atoms. The lowest BCUT2D eigenvalue weighted by atomic mass is 10.2. The quantitative estimate of drug-likeness (QED) is 0.226. The summed E-state index contributed by atoms with van der Waals surface area (Å²) in [6.45, 7) is 1.90. The highest BCUT2D eigenvalue weighted by Crippen LogP contribution is 2.34. The minimum absolute atomic E-state index is 0.0127. The van der Waals surface area contributed by atoms with Crippen molar-refractivity contribution in [3.8, 4) is 16.3 Å². The third kappa shape index (κ3) is 5.18. The van der Waals surface area contributed by atoms with Gasteiger partial charge in [-0.05, 0) is 84.8 Å². The van der Waals surface area contributed by atoms with Crippen molar-refractivity contribution in [3.63, 3.8) is 0 Å². The van der Waals surface area contributed by atoms with Crippen molar-refractivity contribution >= 4 is 49.1 Å². The fourth-order valence-electron chi connectivity index (χ4n) is 4.94. The number of benzene rings is 3. The number of fused-ring (bicyclic) bond motifs is 1. The summed E-state index contributed by atoms with van der Waals surface area (Å²) in [7, 11) is -2.70. The van der Waals surface area contributed by atoms with Crippen molar-refractivity contribution in [3.05, 3.63) is 102 Å². The van der Waals surface area contributed by atoms with Crippen molar-refractivity contribution in [1.29, 1.82) is 0 Å². The van der Waals surface area contributed by atoms with Gasteiger partial charge in [0.1, 0.15) is 16.8 Å². The monoisotopic (exact) mass is 598 g/mol. The van der Waals surface area contributed by atoms with Crippen LogP contribution in [0.5, 0.6) is 5.75 Å². The van der Waals surface area contributed by atoms with Crippen molar-refractivity contribution in [1.82, 2.24) is 14.3 Å². The van der Waals surface area contributed by atoms with Gasteiger partial charge in [0.2, 0.25) is 15.9 Å². The van der Waals surface area contributed by atoms with Gasteiger partial charge in [0.25, 0.3) is 5.91 Å². The molecule has 0 radical (unpaired) electrons. The number of carbonyl (C=O) groups is 2. The van der Waals surface area contributed by atoms with Gasteiger partial charge in [-0.2, -0.15) is 4.31 Å². The van der Waals surface area contributed by atoms with Crippen molar-refractivity contribution in [2.45, 2.75) is 30.8 Å². The third-order valence-corrected chi connectivity index (χ3v) is 10.1. The zero-order chi connectivity index (χ0) is 29.4. The fourth-order valence-corrected chi connectivity index (χ4v) is 7.58. The summed E-state index contributed by atoms with van der Waals surface area (Å²) in [4.78, 5) is 36.9. The summed E-state index contributed by atoms with van der Waals surface area (Å²) in [5, 5.41) is 0.826. The average Bonchev–Trinajstić information content (AvgIpc) is 3.55. The van der Waals surface area contributed by atoms with Gasteiger partial charge < -0.3 is 4.74 Å². The Morgan fingerprint density at radius 2 is 1.79 bits per heavy atom. The summed E-state index contributed by atoms with van der Waals surface area (Å²) < 4.78 is 35.1. The predicted octanol–water partition coefficient (Wildman–Crippen LogP) is 5.20. The molecule has 1 saturated heterocycles. The molecule has 3 heterocycles. The van der Waals surface area contributed by atoms with E-state index in [1.165, 1.54) is 37.6 Å². The standard InChI is InChI=1S/C31H26N4O5S2/c1-20-5-14-26-28(16-20)41-30(33-26)22-6-8-23(9-7-22)35-29(36)17-27(31(35)37)34(19-21-4-3-15-32-18-21)42(38,39)25-12-10-24(40-2)11-13-25/h3-16,18,27H,17,19H2,1-2H3. The third-order valence-electron chi connectivity index (χ3n) is 7.11. The van der Waals surface area contributed by atoms with Crippen LogP contribution in [-0.2, 0) is 26.2 Å². The first-order valence-electron chi connectivity index (χ1n) is 13.1. The molecule has 9 nitrogen and oxygen atoms in total. The van der Waals surface area contributed by atoms with Crippen LogP contribution in [0.15, 0.2) is 96.2 Å². The number of hydrogen-bond acceptors (Lipinski definition) is 8. The van der Waals surface area contributed by atoms with Crippen LogP contribution >= 0.6 is 11.3 Å². The van der Waals surface area contributed by atoms with Crippen molar-refractivity contribution < 1.29 is 22.7 Å². The Labute approximate surface area is 247 Å². The molecule has 2 aromatic heterocycles. The normalized spacial score (nSPS) is 15.6. The number of ether oxygens (including phenoxy) is 1. The number of methoxy groups -OCH3 is 1. The van der Waals surface area contributed by atoms with Crippen LogP contribution in [0.25, 0.3) is 20.8 Å². The van der Waals surface area contributed by atoms with Crippen LogP contribution in [0.1, 0.15) is 17.5 Å². The Morgan fingerprint density at radius 1 is 1.02 bits per heavy atom. The maximum absolute atomic E-state index is 13.9. The summed E-state index contributed by atoms with van der Waals surface area (Å²) in [6.07, 6.45) is 2.84. The van der Waals surface area contributed by atoms with E-state index < -0.39 is 27.9 Å². The number of amides is 2. The lowest BCUT2D eigenvalue weighted by molar-refractivity contribution is -0.122. The molecule has 0 spiro atoms. The molecule has 2 amide bonds. The minimum atomic E-state index is -4.18. The molecule has 0 N–H and O–H groups in total. The second kappa shape index (κ2) is 11.1. The topological polar surface area (TPSA) is 110 Å². The number of aryl methyl sites for hydroxylation is 1. The number of anilines is 1. The Bertz CT molecular complexity index is 1890. The van der Waals surface area contributed by atoms with Gasteiger partial charge in [0.05, 0.1) is 34.3 Å². The second-order valence-corrected chi connectivity index (χ2v) is 12.8. The smallest absolute Gasteiger partial charge is 0.252 e. The molecule has 1 unspecified atom stereocenters. The second-order valence-electron chi connectivity index (χ2n) is 9.91. The Balaban J connectivity index is 1.31. The van der Waals surface area contributed by atoms with Gasteiger partial charge in [0, 0.05) is 24.5 Å². The molecule has 0 bridgehead atoms. The molecule has 1 aliphatic heterocycles. The van der Waals surface area contributed by atoms with Crippen LogP contribution in [0, 0.1) is 6.92 Å². The summed E-state index contributed by atoms with van der Waals surface area (Å²) in [5.74, 6) is -0.589. The van der Waals surface area contributed by atoms with E-state index in [1.54, 1.807) is 41.8 Å².